The van der Waals surface area contributed by atoms with Crippen molar-refractivity contribution in [3.8, 4) is 0 Å². The molecule has 0 aromatic heterocycles. The number of carboxylic acids is 1. The Balaban J connectivity index is 0.000000255. The maximum absolute atomic E-state index is 10.2. The van der Waals surface area contributed by atoms with E-state index in [1.807, 2.05) is 0 Å². The number of rotatable bonds is 1. The summed E-state index contributed by atoms with van der Waals surface area (Å²) in [5.41, 5.74) is 0.176. The molecule has 5 heteroatoms. The smallest absolute Gasteiger partial charge is 0.478 e. The molecule has 5 nitrogen and oxygen atoms in total. The van der Waals surface area contributed by atoms with E-state index in [4.69, 9.17) is 5.11 Å². The Kier molecular flexibility index (Phi) is 5.06. The van der Waals surface area contributed by atoms with Gasteiger partial charge in [0.1, 0.15) is 12.4 Å². The average Bonchev–Trinajstić information content (AvgIpc) is 2.04. The van der Waals surface area contributed by atoms with Crippen LogP contribution in [0.5, 0.6) is 0 Å². The van der Waals surface area contributed by atoms with E-state index < -0.39 is 12.1 Å². The van der Waals surface area contributed by atoms with Crippen molar-refractivity contribution in [2.45, 2.75) is 13.3 Å². The van der Waals surface area contributed by atoms with Crippen LogP contribution in [0.2, 0.25) is 0 Å². The monoisotopic (exact) mass is 200 g/mol. The summed E-state index contributed by atoms with van der Waals surface area (Å²) in [6.45, 7) is 8.44. The van der Waals surface area contributed by atoms with Gasteiger partial charge in [-0.3, -0.25) is 0 Å². The molecular formula is C9H12O5. The fourth-order valence-electron chi connectivity index (χ4n) is 0.447. The molecule has 14 heavy (non-hydrogen) atoms. The second-order valence-electron chi connectivity index (χ2n) is 2.57. The van der Waals surface area contributed by atoms with Crippen LogP contribution in [0, 0.1) is 0 Å². The highest BCUT2D eigenvalue weighted by Crippen LogP contribution is 2.08. The van der Waals surface area contributed by atoms with Gasteiger partial charge in [0.15, 0.2) is 0 Å². The Morgan fingerprint density at radius 2 is 2.07 bits per heavy atom. The summed E-state index contributed by atoms with van der Waals surface area (Å²) in [6.07, 6.45) is -0.0209. The van der Waals surface area contributed by atoms with E-state index in [0.717, 1.165) is 0 Å². The number of cyclic esters (lactones) is 2. The Morgan fingerprint density at radius 1 is 1.57 bits per heavy atom. The summed E-state index contributed by atoms with van der Waals surface area (Å²) in [7, 11) is 0. The fraction of sp³-hybridized carbons (Fsp3) is 0.333. The van der Waals surface area contributed by atoms with E-state index in [1.165, 1.54) is 6.92 Å². The number of hydrogen-bond acceptors (Lipinski definition) is 4. The molecule has 0 amide bonds. The number of carbonyl (C=O) groups is 2. The van der Waals surface area contributed by atoms with Crippen molar-refractivity contribution in [1.82, 2.24) is 0 Å². The van der Waals surface area contributed by atoms with Crippen LogP contribution in [0.1, 0.15) is 13.3 Å². The normalized spacial score (nSPS) is 14.4. The van der Waals surface area contributed by atoms with Gasteiger partial charge in [0.2, 0.25) is 0 Å². The van der Waals surface area contributed by atoms with E-state index >= 15 is 0 Å². The van der Waals surface area contributed by atoms with Crippen molar-refractivity contribution in [1.29, 1.82) is 0 Å². The molecule has 0 radical (unpaired) electrons. The number of hydrogen-bond donors (Lipinski definition) is 1. The molecule has 0 aliphatic carbocycles. The third-order valence-corrected chi connectivity index (χ3v) is 1.19. The van der Waals surface area contributed by atoms with Gasteiger partial charge >= 0.3 is 12.1 Å². The Morgan fingerprint density at radius 3 is 2.29 bits per heavy atom. The summed E-state index contributed by atoms with van der Waals surface area (Å²) in [5, 5.41) is 7.89. The van der Waals surface area contributed by atoms with E-state index in [1.54, 1.807) is 0 Å². The molecule has 1 aliphatic heterocycles. The van der Waals surface area contributed by atoms with Crippen molar-refractivity contribution in [3.05, 3.63) is 24.5 Å². The summed E-state index contributed by atoms with van der Waals surface area (Å²) in [5.74, 6) is -0.448. The van der Waals surface area contributed by atoms with Crippen LogP contribution in [0.4, 0.5) is 4.79 Å². The molecule has 1 N–H and O–H groups in total. The molecule has 1 rings (SSSR count). The zero-order valence-electron chi connectivity index (χ0n) is 7.91. The lowest BCUT2D eigenvalue weighted by Gasteiger charge is -2.12. The first-order valence-corrected chi connectivity index (χ1v) is 3.84. The van der Waals surface area contributed by atoms with Crippen LogP contribution < -0.4 is 0 Å². The lowest BCUT2D eigenvalue weighted by molar-refractivity contribution is -0.132. The quantitative estimate of drug-likeness (QED) is 0.515. The molecule has 0 atom stereocenters. The topological polar surface area (TPSA) is 72.8 Å². The summed E-state index contributed by atoms with van der Waals surface area (Å²) >= 11 is 0. The third-order valence-electron chi connectivity index (χ3n) is 1.19. The Hall–Kier alpha value is -1.78. The van der Waals surface area contributed by atoms with E-state index in [-0.39, 0.29) is 5.57 Å². The fourth-order valence-corrected chi connectivity index (χ4v) is 0.447. The molecule has 0 saturated carbocycles. The maximum Gasteiger partial charge on any atom is 0.513 e. The molecule has 1 aliphatic rings. The highest BCUT2D eigenvalue weighted by Gasteiger charge is 2.12. The average molecular weight is 200 g/mol. The van der Waals surface area contributed by atoms with E-state index in [2.05, 4.69) is 22.6 Å². The number of carbonyl (C=O) groups excluding carboxylic acids is 1. The zero-order chi connectivity index (χ0) is 11.1. The molecule has 0 unspecified atom stereocenters. The highest BCUT2D eigenvalue weighted by atomic mass is 16.7. The molecule has 0 aromatic carbocycles. The summed E-state index contributed by atoms with van der Waals surface area (Å²) in [4.78, 5) is 19.8. The first-order valence-electron chi connectivity index (χ1n) is 3.84. The van der Waals surface area contributed by atoms with Crippen molar-refractivity contribution in [3.63, 3.8) is 0 Å². The molecular weight excluding hydrogens is 188 g/mol. The zero-order valence-corrected chi connectivity index (χ0v) is 7.91. The van der Waals surface area contributed by atoms with E-state index in [0.29, 0.717) is 18.8 Å². The highest BCUT2D eigenvalue weighted by molar-refractivity contribution is 5.84. The van der Waals surface area contributed by atoms with Gasteiger partial charge in [-0.1, -0.05) is 13.2 Å². The van der Waals surface area contributed by atoms with Crippen LogP contribution in [0.3, 0.4) is 0 Å². The van der Waals surface area contributed by atoms with Gasteiger partial charge in [0.25, 0.3) is 0 Å². The van der Waals surface area contributed by atoms with Gasteiger partial charge in [-0.2, -0.15) is 0 Å². The molecule has 1 fully saturated rings. The Labute approximate surface area is 81.6 Å². The van der Waals surface area contributed by atoms with Gasteiger partial charge in [0.05, 0.1) is 0 Å². The van der Waals surface area contributed by atoms with Crippen molar-refractivity contribution in [2.75, 3.05) is 6.61 Å². The molecule has 0 aromatic rings. The molecule has 78 valence electrons. The van der Waals surface area contributed by atoms with Crippen molar-refractivity contribution < 1.29 is 24.2 Å². The number of carboxylic acid groups (broad SMARTS) is 1. The van der Waals surface area contributed by atoms with Gasteiger partial charge in [0, 0.05) is 12.0 Å². The van der Waals surface area contributed by atoms with Gasteiger partial charge in [-0.05, 0) is 6.92 Å². The predicted octanol–water partition coefficient (Wildman–Crippen LogP) is 1.70. The predicted molar refractivity (Wildman–Crippen MR) is 48.6 cm³/mol. The Bertz CT molecular complexity index is 240. The molecule has 0 spiro atoms. The maximum atomic E-state index is 10.2. The SMILES string of the molecule is C=C(C)C(=O)O.C=C1CCOC(=O)O1. The second kappa shape index (κ2) is 5.80. The summed E-state index contributed by atoms with van der Waals surface area (Å²) in [6, 6.07) is 0. The van der Waals surface area contributed by atoms with Gasteiger partial charge in [-0.15, -0.1) is 0 Å². The molecule has 0 bridgehead atoms. The third kappa shape index (κ3) is 5.82. The van der Waals surface area contributed by atoms with Crippen molar-refractivity contribution >= 4 is 12.1 Å². The van der Waals surface area contributed by atoms with Gasteiger partial charge in [-0.25, -0.2) is 9.59 Å². The van der Waals surface area contributed by atoms with Crippen molar-refractivity contribution in [2.24, 2.45) is 0 Å². The number of aliphatic carboxylic acids is 1. The first-order chi connectivity index (χ1) is 6.43. The minimum Gasteiger partial charge on any atom is -0.478 e. The largest absolute Gasteiger partial charge is 0.513 e. The lowest BCUT2D eigenvalue weighted by Crippen LogP contribution is -2.14. The minimum absolute atomic E-state index is 0.176. The van der Waals surface area contributed by atoms with Gasteiger partial charge < -0.3 is 14.6 Å². The molecule has 1 heterocycles. The van der Waals surface area contributed by atoms with Crippen LogP contribution in [-0.2, 0) is 14.3 Å². The molecule has 1 saturated heterocycles. The standard InChI is InChI=1S/C5H6O3.C4H6O2/c1-4-2-3-7-5(6)8-4;1-3(2)4(5)6/h1-3H2;1H2,2H3,(H,5,6). The van der Waals surface area contributed by atoms with Crippen LogP contribution >= 0.6 is 0 Å². The second-order valence-corrected chi connectivity index (χ2v) is 2.57. The van der Waals surface area contributed by atoms with Crippen LogP contribution in [0.25, 0.3) is 0 Å². The minimum atomic E-state index is -0.935. The summed E-state index contributed by atoms with van der Waals surface area (Å²) < 4.78 is 8.86. The van der Waals surface area contributed by atoms with Crippen LogP contribution in [-0.4, -0.2) is 23.8 Å². The first kappa shape index (κ1) is 12.2. The lowest BCUT2D eigenvalue weighted by atomic mass is 10.4. The van der Waals surface area contributed by atoms with E-state index in [9.17, 15) is 9.59 Å². The van der Waals surface area contributed by atoms with Crippen LogP contribution in [0.15, 0.2) is 24.5 Å². The number of ether oxygens (including phenoxy) is 2.